The fourth-order valence-electron chi connectivity index (χ4n) is 1.57. The quantitative estimate of drug-likeness (QED) is 0.686. The Morgan fingerprint density at radius 1 is 1.53 bits per heavy atom. The summed E-state index contributed by atoms with van der Waals surface area (Å²) in [6, 6.07) is 0. The topological polar surface area (TPSA) is 118 Å². The van der Waals surface area contributed by atoms with E-state index in [1.165, 1.54) is 6.92 Å². The lowest BCUT2D eigenvalue weighted by Crippen LogP contribution is -2.35. The molecule has 0 unspecified atom stereocenters. The molecule has 1 aliphatic carbocycles. The van der Waals surface area contributed by atoms with Crippen LogP contribution in [-0.2, 0) is 10.0 Å². The minimum absolute atomic E-state index is 0.168. The molecule has 0 aromatic carbocycles. The Kier molecular flexibility index (Phi) is 2.51. The van der Waals surface area contributed by atoms with Gasteiger partial charge < -0.3 is 5.32 Å². The van der Waals surface area contributed by atoms with E-state index >= 15 is 0 Å². The summed E-state index contributed by atoms with van der Waals surface area (Å²) in [5, 5.41) is 13.9. The van der Waals surface area contributed by atoms with E-state index in [9.17, 15) is 13.2 Å². The lowest BCUT2D eigenvalue weighted by Gasteiger charge is -2.10. The molecule has 17 heavy (non-hydrogen) atoms. The van der Waals surface area contributed by atoms with E-state index in [-0.39, 0.29) is 21.8 Å². The highest BCUT2D eigenvalue weighted by Gasteiger charge is 2.40. The summed E-state index contributed by atoms with van der Waals surface area (Å²) in [6.07, 6.45) is 1.76. The highest BCUT2D eigenvalue weighted by Crippen LogP contribution is 2.34. The van der Waals surface area contributed by atoms with Crippen molar-refractivity contribution in [2.45, 2.75) is 37.1 Å². The van der Waals surface area contributed by atoms with Gasteiger partial charge in [-0.2, -0.15) is 5.10 Å². The number of nitrogens with two attached hydrogens (primary N) is 1. The first kappa shape index (κ1) is 12.1. The second-order valence-electron chi connectivity index (χ2n) is 4.59. The Labute approximate surface area is 98.8 Å². The van der Waals surface area contributed by atoms with Gasteiger partial charge >= 0.3 is 0 Å². The van der Waals surface area contributed by atoms with E-state index in [2.05, 4.69) is 15.5 Å². The number of nitrogens with one attached hydrogen (secondary N) is 2. The van der Waals surface area contributed by atoms with Gasteiger partial charge in [-0.1, -0.05) is 0 Å². The predicted octanol–water partition coefficient (Wildman–Crippen LogP) is -0.352. The maximum atomic E-state index is 11.9. The monoisotopic (exact) mass is 258 g/mol. The molecule has 0 spiro atoms. The molecule has 7 nitrogen and oxygen atoms in total. The number of aromatic amines is 1. The van der Waals surface area contributed by atoms with Crippen LogP contribution in [0.3, 0.4) is 0 Å². The molecule has 1 aliphatic rings. The van der Waals surface area contributed by atoms with Crippen LogP contribution >= 0.6 is 0 Å². The number of carbonyl (C=O) groups excluding carboxylic acids is 1. The van der Waals surface area contributed by atoms with Crippen molar-refractivity contribution in [2.75, 3.05) is 0 Å². The molecule has 4 N–H and O–H groups in total. The van der Waals surface area contributed by atoms with Gasteiger partial charge in [0.05, 0.1) is 5.69 Å². The first-order valence-corrected chi connectivity index (χ1v) is 6.68. The minimum Gasteiger partial charge on any atom is -0.345 e. The highest BCUT2D eigenvalue weighted by atomic mass is 32.2. The van der Waals surface area contributed by atoms with Crippen LogP contribution in [0.25, 0.3) is 0 Å². The zero-order valence-electron chi connectivity index (χ0n) is 9.57. The largest absolute Gasteiger partial charge is 0.345 e. The van der Waals surface area contributed by atoms with Crippen molar-refractivity contribution in [3.63, 3.8) is 0 Å². The zero-order valence-corrected chi connectivity index (χ0v) is 10.4. The van der Waals surface area contributed by atoms with Crippen molar-refractivity contribution in [3.8, 4) is 0 Å². The van der Waals surface area contributed by atoms with Crippen molar-refractivity contribution < 1.29 is 13.2 Å². The lowest BCUT2D eigenvalue weighted by atomic mass is 10.3. The zero-order chi connectivity index (χ0) is 12.8. The van der Waals surface area contributed by atoms with Crippen LogP contribution in [0.15, 0.2) is 4.90 Å². The van der Waals surface area contributed by atoms with Crippen LogP contribution in [0.2, 0.25) is 0 Å². The van der Waals surface area contributed by atoms with Gasteiger partial charge in [0.25, 0.3) is 5.91 Å². The van der Waals surface area contributed by atoms with Gasteiger partial charge in [-0.15, -0.1) is 0 Å². The van der Waals surface area contributed by atoms with Crippen LogP contribution in [0.4, 0.5) is 0 Å². The third kappa shape index (κ3) is 2.32. The molecule has 0 bridgehead atoms. The van der Waals surface area contributed by atoms with E-state index in [1.54, 1.807) is 0 Å². The van der Waals surface area contributed by atoms with E-state index < -0.39 is 15.9 Å². The number of aromatic nitrogens is 2. The molecular formula is C9H14N4O3S. The third-order valence-electron chi connectivity index (χ3n) is 2.81. The first-order valence-electron chi connectivity index (χ1n) is 5.13. The fourth-order valence-corrected chi connectivity index (χ4v) is 2.45. The first-order chi connectivity index (χ1) is 7.73. The minimum atomic E-state index is -3.96. The molecule has 8 heteroatoms. The summed E-state index contributed by atoms with van der Waals surface area (Å²) < 4.78 is 22.7. The lowest BCUT2D eigenvalue weighted by molar-refractivity contribution is 0.0927. The maximum absolute atomic E-state index is 11.9. The van der Waals surface area contributed by atoms with Gasteiger partial charge in [0.15, 0.2) is 5.69 Å². The number of hydrogen-bond donors (Lipinski definition) is 3. The summed E-state index contributed by atoms with van der Waals surface area (Å²) >= 11 is 0. The van der Waals surface area contributed by atoms with E-state index in [0.717, 1.165) is 12.8 Å². The highest BCUT2D eigenvalue weighted by molar-refractivity contribution is 7.89. The predicted molar refractivity (Wildman–Crippen MR) is 59.8 cm³/mol. The Bertz CT molecular complexity index is 571. The van der Waals surface area contributed by atoms with Crippen molar-refractivity contribution in [1.29, 1.82) is 0 Å². The Balaban J connectivity index is 2.36. The Hall–Kier alpha value is -1.41. The summed E-state index contributed by atoms with van der Waals surface area (Å²) in [7, 11) is -3.96. The van der Waals surface area contributed by atoms with E-state index in [1.807, 2.05) is 6.92 Å². The Morgan fingerprint density at radius 3 is 2.59 bits per heavy atom. The number of nitrogens with zero attached hydrogens (tertiary/aromatic N) is 1. The second-order valence-corrected chi connectivity index (χ2v) is 6.08. The number of primary sulfonamides is 1. The molecule has 1 aromatic rings. The van der Waals surface area contributed by atoms with Crippen molar-refractivity contribution in [1.82, 2.24) is 15.5 Å². The second kappa shape index (κ2) is 3.54. The van der Waals surface area contributed by atoms with Crippen molar-refractivity contribution in [2.24, 2.45) is 5.14 Å². The van der Waals surface area contributed by atoms with Crippen LogP contribution in [-0.4, -0.2) is 30.1 Å². The summed E-state index contributed by atoms with van der Waals surface area (Å²) in [4.78, 5) is 11.6. The molecule has 1 amide bonds. The molecule has 94 valence electrons. The third-order valence-corrected chi connectivity index (χ3v) is 3.87. The molecule has 1 fully saturated rings. The fraction of sp³-hybridized carbons (Fsp3) is 0.556. The molecule has 0 atom stereocenters. The van der Waals surface area contributed by atoms with Gasteiger partial charge in [-0.25, -0.2) is 13.6 Å². The van der Waals surface area contributed by atoms with Crippen molar-refractivity contribution >= 4 is 15.9 Å². The molecule has 2 rings (SSSR count). The smallest absolute Gasteiger partial charge is 0.273 e. The van der Waals surface area contributed by atoms with Gasteiger partial charge in [0.2, 0.25) is 10.0 Å². The van der Waals surface area contributed by atoms with Crippen LogP contribution in [0.5, 0.6) is 0 Å². The number of carbonyl (C=O) groups is 1. The molecule has 0 aliphatic heterocycles. The molecule has 0 saturated heterocycles. The normalized spacial score (nSPS) is 17.8. The average molecular weight is 258 g/mol. The number of H-pyrrole nitrogens is 1. The number of aryl methyl sites for hydroxylation is 1. The molecule has 1 saturated carbocycles. The number of sulfonamides is 1. The molecular weight excluding hydrogens is 244 g/mol. The number of rotatable bonds is 3. The van der Waals surface area contributed by atoms with Gasteiger partial charge in [0.1, 0.15) is 4.90 Å². The summed E-state index contributed by atoms with van der Waals surface area (Å²) in [5.74, 6) is -0.515. The van der Waals surface area contributed by atoms with Gasteiger partial charge in [-0.05, 0) is 26.7 Å². The molecule has 0 radical (unpaired) electrons. The summed E-state index contributed by atoms with van der Waals surface area (Å²) in [6.45, 7) is 3.39. The molecule has 1 heterocycles. The SMILES string of the molecule is Cc1[nH]nc(C(=O)NC2(C)CC2)c1S(N)(=O)=O. The van der Waals surface area contributed by atoms with Crippen LogP contribution < -0.4 is 10.5 Å². The number of hydrogen-bond acceptors (Lipinski definition) is 4. The average Bonchev–Trinajstić information content (AvgIpc) is 2.74. The maximum Gasteiger partial charge on any atom is 0.273 e. The molecule has 1 aromatic heterocycles. The van der Waals surface area contributed by atoms with Crippen molar-refractivity contribution in [3.05, 3.63) is 11.4 Å². The van der Waals surface area contributed by atoms with E-state index in [4.69, 9.17) is 5.14 Å². The Morgan fingerprint density at radius 2 is 2.12 bits per heavy atom. The van der Waals surface area contributed by atoms with Crippen LogP contribution in [0.1, 0.15) is 35.9 Å². The number of amides is 1. The van der Waals surface area contributed by atoms with Crippen LogP contribution in [0, 0.1) is 6.92 Å². The van der Waals surface area contributed by atoms with E-state index in [0.29, 0.717) is 0 Å². The van der Waals surface area contributed by atoms with Gasteiger partial charge in [-0.3, -0.25) is 9.89 Å². The van der Waals surface area contributed by atoms with Gasteiger partial charge in [0, 0.05) is 5.54 Å². The standard InChI is InChI=1S/C9H14N4O3S/c1-5-7(17(10,15)16)6(13-12-5)8(14)11-9(2)3-4-9/h3-4H2,1-2H3,(H,11,14)(H,12,13)(H2,10,15,16). The summed E-state index contributed by atoms with van der Waals surface area (Å²) in [5.41, 5.74) is -0.142.